The lowest BCUT2D eigenvalue weighted by atomic mass is 10.3. The highest BCUT2D eigenvalue weighted by atomic mass is 16.5. The molecule has 1 aromatic heterocycles. The van der Waals surface area contributed by atoms with Crippen molar-refractivity contribution in [2.75, 3.05) is 20.2 Å². The van der Waals surface area contributed by atoms with Crippen LogP contribution in [0.1, 0.15) is 12.0 Å². The zero-order chi connectivity index (χ0) is 13.5. The molecule has 0 spiro atoms. The Bertz CT molecular complexity index is 436. The molecule has 0 saturated heterocycles. The average molecular weight is 253 g/mol. The van der Waals surface area contributed by atoms with Crippen molar-refractivity contribution in [1.29, 1.82) is 0 Å². The molecule has 1 heterocycles. The number of carbonyl (C=O) groups excluding carboxylic acids is 1. The number of amides is 1. The summed E-state index contributed by atoms with van der Waals surface area (Å²) in [6, 6.07) is 0. The summed E-state index contributed by atoms with van der Waals surface area (Å²) >= 11 is 0. The van der Waals surface area contributed by atoms with E-state index in [4.69, 9.17) is 9.84 Å². The van der Waals surface area contributed by atoms with Crippen molar-refractivity contribution in [3.8, 4) is 5.88 Å². The number of carbonyl (C=O) groups is 2. The summed E-state index contributed by atoms with van der Waals surface area (Å²) in [4.78, 5) is 30.8. The van der Waals surface area contributed by atoms with Crippen LogP contribution in [0, 0.1) is 6.92 Å². The van der Waals surface area contributed by atoms with E-state index in [-0.39, 0.29) is 25.5 Å². The first-order valence-corrected chi connectivity index (χ1v) is 5.36. The largest absolute Gasteiger partial charge is 0.480 e. The van der Waals surface area contributed by atoms with E-state index < -0.39 is 5.97 Å². The fraction of sp³-hybridized carbons (Fsp3) is 0.455. The smallest absolute Gasteiger partial charge is 0.323 e. The molecule has 7 heteroatoms. The summed E-state index contributed by atoms with van der Waals surface area (Å²) in [5.74, 6) is -0.902. The van der Waals surface area contributed by atoms with Gasteiger partial charge >= 0.3 is 5.97 Å². The number of aromatic nitrogens is 2. The second-order valence-electron chi connectivity index (χ2n) is 3.75. The Morgan fingerprint density at radius 3 is 2.83 bits per heavy atom. The van der Waals surface area contributed by atoms with E-state index in [2.05, 4.69) is 9.97 Å². The molecule has 98 valence electrons. The van der Waals surface area contributed by atoms with Gasteiger partial charge in [0.1, 0.15) is 12.9 Å². The Labute approximate surface area is 104 Å². The van der Waals surface area contributed by atoms with E-state index in [1.807, 2.05) is 0 Å². The SMILES string of the molecule is Cc1cncnc1OCCC(=O)N(C)CC(=O)O. The third-order valence-corrected chi connectivity index (χ3v) is 2.20. The summed E-state index contributed by atoms with van der Waals surface area (Å²) in [5, 5.41) is 8.53. The monoisotopic (exact) mass is 253 g/mol. The summed E-state index contributed by atoms with van der Waals surface area (Å²) in [7, 11) is 1.44. The lowest BCUT2D eigenvalue weighted by molar-refractivity contribution is -0.143. The van der Waals surface area contributed by atoms with Crippen LogP contribution in [0.15, 0.2) is 12.5 Å². The molecule has 7 nitrogen and oxygen atoms in total. The Hall–Kier alpha value is -2.18. The number of aliphatic carboxylic acids is 1. The molecule has 0 aliphatic rings. The van der Waals surface area contributed by atoms with Crippen molar-refractivity contribution in [2.24, 2.45) is 0 Å². The lowest BCUT2D eigenvalue weighted by Gasteiger charge is -2.14. The number of nitrogens with zero attached hydrogens (tertiary/aromatic N) is 3. The minimum atomic E-state index is -1.04. The zero-order valence-corrected chi connectivity index (χ0v) is 10.3. The fourth-order valence-corrected chi connectivity index (χ4v) is 1.26. The predicted octanol–water partition coefficient (Wildman–Crippen LogP) is 0.0969. The molecule has 0 bridgehead atoms. The van der Waals surface area contributed by atoms with Gasteiger partial charge in [0, 0.05) is 18.8 Å². The van der Waals surface area contributed by atoms with Crippen LogP contribution in [0.4, 0.5) is 0 Å². The maximum atomic E-state index is 11.5. The van der Waals surface area contributed by atoms with Crippen LogP contribution in [0.3, 0.4) is 0 Å². The Kier molecular flexibility index (Phi) is 5.04. The minimum Gasteiger partial charge on any atom is -0.480 e. The van der Waals surface area contributed by atoms with Crippen LogP contribution in [0.2, 0.25) is 0 Å². The first-order chi connectivity index (χ1) is 8.50. The van der Waals surface area contributed by atoms with Gasteiger partial charge in [0.2, 0.25) is 11.8 Å². The van der Waals surface area contributed by atoms with Crippen LogP contribution in [0.25, 0.3) is 0 Å². The van der Waals surface area contributed by atoms with Gasteiger partial charge in [-0.3, -0.25) is 9.59 Å². The number of hydrogen-bond acceptors (Lipinski definition) is 5. The molecule has 0 fully saturated rings. The first-order valence-electron chi connectivity index (χ1n) is 5.36. The Morgan fingerprint density at radius 1 is 1.50 bits per heavy atom. The van der Waals surface area contributed by atoms with Crippen molar-refractivity contribution in [1.82, 2.24) is 14.9 Å². The lowest BCUT2D eigenvalue weighted by Crippen LogP contribution is -2.32. The van der Waals surface area contributed by atoms with E-state index >= 15 is 0 Å². The third kappa shape index (κ3) is 4.36. The van der Waals surface area contributed by atoms with Gasteiger partial charge < -0.3 is 14.7 Å². The molecule has 0 radical (unpaired) electrons. The topological polar surface area (TPSA) is 92.6 Å². The van der Waals surface area contributed by atoms with Crippen molar-refractivity contribution in [3.05, 3.63) is 18.1 Å². The number of carboxylic acids is 1. The maximum Gasteiger partial charge on any atom is 0.323 e. The number of carboxylic acid groups (broad SMARTS) is 1. The zero-order valence-electron chi connectivity index (χ0n) is 10.3. The molecule has 0 aromatic carbocycles. The van der Waals surface area contributed by atoms with Crippen LogP contribution in [-0.2, 0) is 9.59 Å². The van der Waals surface area contributed by atoms with Gasteiger partial charge in [-0.15, -0.1) is 0 Å². The van der Waals surface area contributed by atoms with Gasteiger partial charge in [-0.25, -0.2) is 9.97 Å². The molecule has 0 atom stereocenters. The second-order valence-corrected chi connectivity index (χ2v) is 3.75. The van der Waals surface area contributed by atoms with Crippen molar-refractivity contribution in [3.63, 3.8) is 0 Å². The second kappa shape index (κ2) is 6.53. The van der Waals surface area contributed by atoms with Crippen LogP contribution < -0.4 is 4.74 Å². The van der Waals surface area contributed by atoms with Gasteiger partial charge in [0.05, 0.1) is 13.0 Å². The van der Waals surface area contributed by atoms with Gasteiger partial charge in [0.15, 0.2) is 0 Å². The maximum absolute atomic E-state index is 11.5. The van der Waals surface area contributed by atoms with Gasteiger partial charge in [-0.2, -0.15) is 0 Å². The Morgan fingerprint density at radius 2 is 2.22 bits per heavy atom. The molecule has 1 rings (SSSR count). The van der Waals surface area contributed by atoms with E-state index in [1.54, 1.807) is 13.1 Å². The predicted molar refractivity (Wildman–Crippen MR) is 62.2 cm³/mol. The molecule has 0 aliphatic heterocycles. The minimum absolute atomic E-state index is 0.104. The van der Waals surface area contributed by atoms with Crippen LogP contribution >= 0.6 is 0 Å². The highest BCUT2D eigenvalue weighted by molar-refractivity contribution is 5.81. The Balaban J connectivity index is 2.36. The van der Waals surface area contributed by atoms with Gasteiger partial charge in [-0.05, 0) is 6.92 Å². The fourth-order valence-electron chi connectivity index (χ4n) is 1.26. The van der Waals surface area contributed by atoms with Gasteiger partial charge in [-0.1, -0.05) is 0 Å². The van der Waals surface area contributed by atoms with Gasteiger partial charge in [0.25, 0.3) is 0 Å². The summed E-state index contributed by atoms with van der Waals surface area (Å²) in [6.07, 6.45) is 3.08. The quantitative estimate of drug-likeness (QED) is 0.772. The molecule has 1 N–H and O–H groups in total. The molecular weight excluding hydrogens is 238 g/mol. The van der Waals surface area contributed by atoms with E-state index in [0.717, 1.165) is 10.5 Å². The molecular formula is C11H15N3O4. The molecule has 1 aromatic rings. The van der Waals surface area contributed by atoms with Crippen LogP contribution in [0.5, 0.6) is 5.88 Å². The normalized spacial score (nSPS) is 9.89. The highest BCUT2D eigenvalue weighted by Crippen LogP contribution is 2.10. The standard InChI is InChI=1S/C11H15N3O4/c1-8-5-12-7-13-11(8)18-4-3-9(15)14(2)6-10(16)17/h5,7H,3-4,6H2,1-2H3,(H,16,17). The van der Waals surface area contributed by atoms with Crippen LogP contribution in [-0.4, -0.2) is 52.1 Å². The number of rotatable bonds is 6. The molecule has 0 saturated carbocycles. The molecule has 0 unspecified atom stereocenters. The summed E-state index contributed by atoms with van der Waals surface area (Å²) in [5.41, 5.74) is 0.781. The number of likely N-dealkylation sites (N-methyl/N-ethyl adjacent to an activating group) is 1. The van der Waals surface area contributed by atoms with E-state index in [9.17, 15) is 9.59 Å². The van der Waals surface area contributed by atoms with Crippen molar-refractivity contribution in [2.45, 2.75) is 13.3 Å². The summed E-state index contributed by atoms with van der Waals surface area (Å²) < 4.78 is 5.32. The molecule has 0 aliphatic carbocycles. The molecule has 18 heavy (non-hydrogen) atoms. The average Bonchev–Trinajstić information content (AvgIpc) is 2.30. The number of hydrogen-bond donors (Lipinski definition) is 1. The van der Waals surface area contributed by atoms with E-state index in [0.29, 0.717) is 5.88 Å². The first kappa shape index (κ1) is 13.9. The highest BCUT2D eigenvalue weighted by Gasteiger charge is 2.12. The van der Waals surface area contributed by atoms with Crippen molar-refractivity contribution >= 4 is 11.9 Å². The molecule has 1 amide bonds. The van der Waals surface area contributed by atoms with E-state index in [1.165, 1.54) is 13.4 Å². The van der Waals surface area contributed by atoms with Crippen molar-refractivity contribution < 1.29 is 19.4 Å². The third-order valence-electron chi connectivity index (χ3n) is 2.20. The number of ether oxygens (including phenoxy) is 1. The summed E-state index contributed by atoms with van der Waals surface area (Å²) in [6.45, 7) is 1.64. The number of aryl methyl sites for hydroxylation is 1.